The van der Waals surface area contributed by atoms with Gasteiger partial charge >= 0.3 is 0 Å². The van der Waals surface area contributed by atoms with E-state index in [2.05, 4.69) is 19.2 Å². The van der Waals surface area contributed by atoms with Gasteiger partial charge < -0.3 is 4.90 Å². The average Bonchev–Trinajstić information content (AvgIpc) is 2.28. The van der Waals surface area contributed by atoms with Gasteiger partial charge in [-0.2, -0.15) is 0 Å². The third-order valence-electron chi connectivity index (χ3n) is 3.37. The molecule has 16 heavy (non-hydrogen) atoms. The van der Waals surface area contributed by atoms with Gasteiger partial charge in [-0.05, 0) is 46.0 Å². The lowest BCUT2D eigenvalue weighted by Gasteiger charge is -2.27. The molecule has 0 N–H and O–H groups in total. The molecule has 1 rings (SSSR count). The fourth-order valence-electron chi connectivity index (χ4n) is 2.39. The van der Waals surface area contributed by atoms with E-state index < -0.39 is 0 Å². The van der Waals surface area contributed by atoms with Crippen molar-refractivity contribution in [3.05, 3.63) is 0 Å². The Kier molecular flexibility index (Phi) is 5.81. The maximum atomic E-state index is 12.0. The van der Waals surface area contributed by atoms with Crippen LogP contribution in [0.2, 0.25) is 0 Å². The molecular weight excluding hydrogens is 200 g/mol. The van der Waals surface area contributed by atoms with E-state index >= 15 is 0 Å². The van der Waals surface area contributed by atoms with Crippen molar-refractivity contribution in [3.8, 4) is 0 Å². The van der Waals surface area contributed by atoms with E-state index in [0.717, 1.165) is 26.1 Å². The highest BCUT2D eigenvalue weighted by atomic mass is 16.2. The summed E-state index contributed by atoms with van der Waals surface area (Å²) in [5.74, 6) is 0.964. The Labute approximate surface area is 99.6 Å². The minimum Gasteiger partial charge on any atom is -0.341 e. The van der Waals surface area contributed by atoms with E-state index in [1.54, 1.807) is 0 Å². The zero-order chi connectivity index (χ0) is 12.0. The van der Waals surface area contributed by atoms with Crippen molar-refractivity contribution in [2.24, 2.45) is 5.92 Å². The Hall–Kier alpha value is -0.570. The summed E-state index contributed by atoms with van der Waals surface area (Å²) < 4.78 is 0. The molecule has 0 spiro atoms. The second kappa shape index (κ2) is 6.89. The summed E-state index contributed by atoms with van der Waals surface area (Å²) in [5, 5.41) is 4.41. The first-order chi connectivity index (χ1) is 7.65. The van der Waals surface area contributed by atoms with E-state index in [0.29, 0.717) is 24.3 Å². The van der Waals surface area contributed by atoms with Gasteiger partial charge in [0.1, 0.15) is 0 Å². The molecule has 1 heterocycles. The second-order valence-electron chi connectivity index (χ2n) is 4.95. The fraction of sp³-hybridized carbons (Fsp3) is 0.923. The minimum absolute atomic E-state index is 0.308. The first-order valence-electron chi connectivity index (χ1n) is 6.57. The van der Waals surface area contributed by atoms with Crippen molar-refractivity contribution in [2.75, 3.05) is 19.6 Å². The lowest BCUT2D eigenvalue weighted by molar-refractivity contribution is -0.133. The molecule has 1 fully saturated rings. The average molecular weight is 225 g/mol. The molecule has 1 aliphatic rings. The second-order valence-corrected chi connectivity index (χ2v) is 4.95. The maximum Gasteiger partial charge on any atom is 0.222 e. The molecule has 1 radical (unpaired) electrons. The van der Waals surface area contributed by atoms with Crippen LogP contribution in [0.4, 0.5) is 0 Å². The quantitative estimate of drug-likeness (QED) is 0.705. The van der Waals surface area contributed by atoms with Crippen molar-refractivity contribution < 1.29 is 4.79 Å². The normalized spacial score (nSPS) is 21.1. The van der Waals surface area contributed by atoms with E-state index in [1.165, 1.54) is 12.8 Å². The predicted octanol–water partition coefficient (Wildman–Crippen LogP) is 2.04. The van der Waals surface area contributed by atoms with Gasteiger partial charge in [0.25, 0.3) is 0 Å². The van der Waals surface area contributed by atoms with Crippen LogP contribution < -0.4 is 5.32 Å². The molecule has 93 valence electrons. The van der Waals surface area contributed by atoms with Crippen molar-refractivity contribution in [1.82, 2.24) is 10.2 Å². The highest BCUT2D eigenvalue weighted by Crippen LogP contribution is 2.17. The number of carbonyl (C=O) groups is 1. The molecular formula is C13H25N2O. The Morgan fingerprint density at radius 1 is 1.50 bits per heavy atom. The number of hydrogen-bond donors (Lipinski definition) is 0. The predicted molar refractivity (Wildman–Crippen MR) is 66.3 cm³/mol. The molecule has 0 aromatic heterocycles. The summed E-state index contributed by atoms with van der Waals surface area (Å²) >= 11 is 0. The lowest BCUT2D eigenvalue weighted by Crippen LogP contribution is -2.37. The molecule has 0 aromatic rings. The van der Waals surface area contributed by atoms with Gasteiger partial charge in [0.2, 0.25) is 5.91 Å². The van der Waals surface area contributed by atoms with Crippen LogP contribution in [-0.4, -0.2) is 36.5 Å². The van der Waals surface area contributed by atoms with Gasteiger partial charge in [-0.25, -0.2) is 5.32 Å². The van der Waals surface area contributed by atoms with E-state index in [9.17, 15) is 4.79 Å². The van der Waals surface area contributed by atoms with Crippen molar-refractivity contribution in [3.63, 3.8) is 0 Å². The largest absolute Gasteiger partial charge is 0.341 e. The van der Waals surface area contributed by atoms with Crippen molar-refractivity contribution in [2.45, 2.75) is 52.5 Å². The highest BCUT2D eigenvalue weighted by Gasteiger charge is 2.18. The Morgan fingerprint density at radius 2 is 2.25 bits per heavy atom. The van der Waals surface area contributed by atoms with Gasteiger partial charge in [0.05, 0.1) is 0 Å². The fourth-order valence-corrected chi connectivity index (χ4v) is 2.39. The monoisotopic (exact) mass is 225 g/mol. The molecule has 1 unspecified atom stereocenters. The Balaban J connectivity index is 2.27. The number of piperidine rings is 1. The summed E-state index contributed by atoms with van der Waals surface area (Å²) in [5.41, 5.74) is 0. The minimum atomic E-state index is 0.308. The molecule has 3 nitrogen and oxygen atoms in total. The lowest BCUT2D eigenvalue weighted by atomic mass is 9.94. The third-order valence-corrected chi connectivity index (χ3v) is 3.37. The first kappa shape index (κ1) is 13.5. The first-order valence-corrected chi connectivity index (χ1v) is 6.57. The topological polar surface area (TPSA) is 34.4 Å². The van der Waals surface area contributed by atoms with Gasteiger partial charge in [-0.15, -0.1) is 0 Å². The highest BCUT2D eigenvalue weighted by molar-refractivity contribution is 5.76. The van der Waals surface area contributed by atoms with Gasteiger partial charge in [-0.1, -0.05) is 0 Å². The Bertz CT molecular complexity index is 210. The SMILES string of the molecule is CCN(C(=O)CCC1CCC[N]C1)C(C)C. The van der Waals surface area contributed by atoms with E-state index in [1.807, 2.05) is 11.8 Å². The molecule has 0 saturated carbocycles. The van der Waals surface area contributed by atoms with Crippen LogP contribution in [0.5, 0.6) is 0 Å². The molecule has 1 saturated heterocycles. The van der Waals surface area contributed by atoms with Crippen LogP contribution in [0.15, 0.2) is 0 Å². The number of amides is 1. The maximum absolute atomic E-state index is 12.0. The number of rotatable bonds is 5. The number of carbonyl (C=O) groups excluding carboxylic acids is 1. The van der Waals surface area contributed by atoms with Crippen LogP contribution in [0, 0.1) is 5.92 Å². The van der Waals surface area contributed by atoms with E-state index in [4.69, 9.17) is 0 Å². The summed E-state index contributed by atoms with van der Waals surface area (Å²) in [4.78, 5) is 13.9. The zero-order valence-electron chi connectivity index (χ0n) is 10.9. The summed E-state index contributed by atoms with van der Waals surface area (Å²) in [6, 6.07) is 0.327. The number of nitrogens with zero attached hydrogens (tertiary/aromatic N) is 2. The summed E-state index contributed by atoms with van der Waals surface area (Å²) in [7, 11) is 0. The molecule has 0 aliphatic carbocycles. The van der Waals surface area contributed by atoms with Crippen LogP contribution in [0.3, 0.4) is 0 Å². The number of hydrogen-bond acceptors (Lipinski definition) is 1. The molecule has 0 bridgehead atoms. The van der Waals surface area contributed by atoms with Crippen LogP contribution >= 0.6 is 0 Å². The smallest absolute Gasteiger partial charge is 0.222 e. The van der Waals surface area contributed by atoms with Crippen LogP contribution in [-0.2, 0) is 4.79 Å². The van der Waals surface area contributed by atoms with Gasteiger partial charge in [0, 0.05) is 32.1 Å². The van der Waals surface area contributed by atoms with Crippen molar-refractivity contribution in [1.29, 1.82) is 0 Å². The molecule has 1 aliphatic heterocycles. The Morgan fingerprint density at radius 3 is 2.75 bits per heavy atom. The third kappa shape index (κ3) is 4.12. The molecule has 0 aromatic carbocycles. The molecule has 1 amide bonds. The van der Waals surface area contributed by atoms with Gasteiger partial charge in [0.15, 0.2) is 0 Å². The molecule has 3 heteroatoms. The molecule has 1 atom stereocenters. The van der Waals surface area contributed by atoms with Crippen molar-refractivity contribution >= 4 is 5.91 Å². The van der Waals surface area contributed by atoms with Crippen LogP contribution in [0.25, 0.3) is 0 Å². The zero-order valence-corrected chi connectivity index (χ0v) is 10.9. The summed E-state index contributed by atoms with van der Waals surface area (Å²) in [6.07, 6.45) is 4.18. The van der Waals surface area contributed by atoms with Crippen LogP contribution in [0.1, 0.15) is 46.5 Å². The van der Waals surface area contributed by atoms with Gasteiger partial charge in [-0.3, -0.25) is 4.79 Å². The summed E-state index contributed by atoms with van der Waals surface area (Å²) in [6.45, 7) is 9.03. The van der Waals surface area contributed by atoms with E-state index in [-0.39, 0.29) is 0 Å². The standard InChI is InChI=1S/C13H25N2O/c1-4-15(11(2)3)13(16)8-7-12-6-5-9-14-10-12/h11-12H,4-10H2,1-3H3.